The van der Waals surface area contributed by atoms with Crippen molar-refractivity contribution in [2.75, 3.05) is 11.6 Å². The molecule has 0 radical (unpaired) electrons. The van der Waals surface area contributed by atoms with Crippen LogP contribution in [-0.2, 0) is 21.7 Å². The van der Waals surface area contributed by atoms with Crippen LogP contribution >= 0.6 is 11.8 Å². The van der Waals surface area contributed by atoms with Crippen LogP contribution in [0, 0.1) is 13.8 Å². The maximum Gasteiger partial charge on any atom is 0.241 e. The minimum atomic E-state index is -3.27. The topological polar surface area (TPSA) is 81.1 Å². The SMILES string of the molecule is Cc1cc(S(C)(=O)=O)ccc1C1SC(C)(C)C(=O)Nc2c1c(C)nn2C. The summed E-state index contributed by atoms with van der Waals surface area (Å²) in [6.45, 7) is 7.63. The van der Waals surface area contributed by atoms with Gasteiger partial charge in [0.15, 0.2) is 9.84 Å². The van der Waals surface area contributed by atoms with E-state index in [1.54, 1.807) is 28.6 Å². The second kappa shape index (κ2) is 6.13. The third-order valence-corrected chi connectivity index (χ3v) is 7.28. The summed E-state index contributed by atoms with van der Waals surface area (Å²) in [4.78, 5) is 13.0. The van der Waals surface area contributed by atoms with Gasteiger partial charge in [-0.05, 0) is 51.0 Å². The Balaban J connectivity index is 2.22. The number of nitrogens with one attached hydrogen (secondary N) is 1. The molecule has 0 aliphatic carbocycles. The van der Waals surface area contributed by atoms with Gasteiger partial charge in [0.05, 0.1) is 20.6 Å². The zero-order chi connectivity index (χ0) is 19.4. The lowest BCUT2D eigenvalue weighted by molar-refractivity contribution is -0.117. The van der Waals surface area contributed by atoms with Gasteiger partial charge in [-0.15, -0.1) is 11.8 Å². The molecule has 1 amide bonds. The molecular formula is C18H23N3O3S2. The van der Waals surface area contributed by atoms with Crippen LogP contribution in [0.15, 0.2) is 23.1 Å². The summed E-state index contributed by atoms with van der Waals surface area (Å²) in [5, 5.41) is 7.35. The van der Waals surface area contributed by atoms with E-state index < -0.39 is 14.6 Å². The number of hydrogen-bond donors (Lipinski definition) is 1. The van der Waals surface area contributed by atoms with E-state index in [0.717, 1.165) is 22.4 Å². The van der Waals surface area contributed by atoms with Gasteiger partial charge in [0.25, 0.3) is 0 Å². The molecule has 1 aromatic carbocycles. The fourth-order valence-electron chi connectivity index (χ4n) is 3.19. The Morgan fingerprint density at radius 1 is 1.27 bits per heavy atom. The number of amides is 1. The molecule has 6 nitrogen and oxygen atoms in total. The van der Waals surface area contributed by atoms with Gasteiger partial charge in [0, 0.05) is 18.9 Å². The lowest BCUT2D eigenvalue weighted by Gasteiger charge is -2.26. The van der Waals surface area contributed by atoms with Gasteiger partial charge in [-0.25, -0.2) is 8.42 Å². The number of nitrogens with zero attached hydrogens (tertiary/aromatic N) is 2. The highest BCUT2D eigenvalue weighted by Crippen LogP contribution is 2.50. The number of thioether (sulfide) groups is 1. The monoisotopic (exact) mass is 393 g/mol. The predicted molar refractivity (Wildman–Crippen MR) is 104 cm³/mol. The van der Waals surface area contributed by atoms with Crippen LogP contribution in [0.4, 0.5) is 5.82 Å². The number of fused-ring (bicyclic) bond motifs is 1. The second-order valence-corrected chi connectivity index (χ2v) is 11.0. The molecular weight excluding hydrogens is 370 g/mol. The summed E-state index contributed by atoms with van der Waals surface area (Å²) in [5.41, 5.74) is 3.69. The van der Waals surface area contributed by atoms with E-state index >= 15 is 0 Å². The Morgan fingerprint density at radius 2 is 1.92 bits per heavy atom. The zero-order valence-corrected chi connectivity index (χ0v) is 17.4. The highest BCUT2D eigenvalue weighted by atomic mass is 32.2. The third kappa shape index (κ3) is 3.16. The molecule has 2 aromatic rings. The molecule has 0 saturated carbocycles. The number of rotatable bonds is 2. The normalized spacial score (nSPS) is 19.6. The van der Waals surface area contributed by atoms with E-state index in [-0.39, 0.29) is 11.2 Å². The summed E-state index contributed by atoms with van der Waals surface area (Å²) >= 11 is 1.55. The molecule has 0 spiro atoms. The third-order valence-electron chi connectivity index (χ3n) is 4.67. The fraction of sp³-hybridized carbons (Fsp3) is 0.444. The van der Waals surface area contributed by atoms with E-state index in [1.807, 2.05) is 40.8 Å². The number of carbonyl (C=O) groups excluding carboxylic acids is 1. The van der Waals surface area contributed by atoms with Crippen LogP contribution < -0.4 is 5.32 Å². The van der Waals surface area contributed by atoms with Gasteiger partial charge >= 0.3 is 0 Å². The Kier molecular flexibility index (Phi) is 4.47. The van der Waals surface area contributed by atoms with Crippen molar-refractivity contribution in [1.29, 1.82) is 0 Å². The molecule has 1 aromatic heterocycles. The van der Waals surface area contributed by atoms with E-state index in [4.69, 9.17) is 0 Å². The number of aryl methyl sites for hydroxylation is 3. The Labute approximate surface area is 158 Å². The quantitative estimate of drug-likeness (QED) is 0.848. The zero-order valence-electron chi connectivity index (χ0n) is 15.7. The summed E-state index contributed by atoms with van der Waals surface area (Å²) in [6, 6.07) is 5.19. The minimum Gasteiger partial charge on any atom is -0.309 e. The number of hydrogen-bond acceptors (Lipinski definition) is 5. The van der Waals surface area contributed by atoms with Gasteiger partial charge in [-0.1, -0.05) is 6.07 Å². The maximum atomic E-state index is 12.7. The maximum absolute atomic E-state index is 12.7. The number of carbonyl (C=O) groups is 1. The number of anilines is 1. The molecule has 1 aliphatic heterocycles. The average Bonchev–Trinajstić information content (AvgIpc) is 2.72. The predicted octanol–water partition coefficient (Wildman–Crippen LogP) is 2.99. The highest BCUT2D eigenvalue weighted by molar-refractivity contribution is 8.01. The van der Waals surface area contributed by atoms with Gasteiger partial charge < -0.3 is 5.32 Å². The van der Waals surface area contributed by atoms with Crippen molar-refractivity contribution in [1.82, 2.24) is 9.78 Å². The average molecular weight is 394 g/mol. The molecule has 140 valence electrons. The smallest absolute Gasteiger partial charge is 0.241 e. The Morgan fingerprint density at radius 3 is 2.50 bits per heavy atom. The van der Waals surface area contributed by atoms with Crippen molar-refractivity contribution in [2.45, 2.75) is 42.6 Å². The fourth-order valence-corrected chi connectivity index (χ4v) is 5.44. The minimum absolute atomic E-state index is 0.0698. The lowest BCUT2D eigenvalue weighted by atomic mass is 9.99. The first-order valence-electron chi connectivity index (χ1n) is 8.25. The van der Waals surface area contributed by atoms with Crippen molar-refractivity contribution in [3.05, 3.63) is 40.6 Å². The highest BCUT2D eigenvalue weighted by Gasteiger charge is 2.40. The number of benzene rings is 1. The molecule has 26 heavy (non-hydrogen) atoms. The van der Waals surface area contributed by atoms with Crippen molar-refractivity contribution in [3.63, 3.8) is 0 Å². The molecule has 0 saturated heterocycles. The largest absolute Gasteiger partial charge is 0.309 e. The van der Waals surface area contributed by atoms with Crippen LogP contribution in [0.3, 0.4) is 0 Å². The first kappa shape index (κ1) is 19.0. The van der Waals surface area contributed by atoms with Gasteiger partial charge in [0.1, 0.15) is 5.82 Å². The first-order valence-corrected chi connectivity index (χ1v) is 11.0. The number of sulfone groups is 1. The summed E-state index contributed by atoms with van der Waals surface area (Å²) < 4.78 is 24.8. The van der Waals surface area contributed by atoms with Crippen LogP contribution in [-0.4, -0.2) is 35.1 Å². The standard InChI is InChI=1S/C18H23N3O3S2/c1-10-9-12(26(6,23)24)7-8-13(10)15-14-11(2)20-21(5)16(14)19-17(22)18(3,4)25-15/h7-9,15H,1-6H3,(H,19,22). The molecule has 1 aliphatic rings. The summed E-state index contributed by atoms with van der Waals surface area (Å²) in [6.07, 6.45) is 1.21. The van der Waals surface area contributed by atoms with Crippen LogP contribution in [0.2, 0.25) is 0 Å². The van der Waals surface area contributed by atoms with Crippen LogP contribution in [0.1, 0.15) is 41.5 Å². The molecule has 0 bridgehead atoms. The van der Waals surface area contributed by atoms with Gasteiger partial charge in [-0.3, -0.25) is 9.48 Å². The summed E-state index contributed by atoms with van der Waals surface area (Å²) in [5.74, 6) is 0.627. The van der Waals surface area contributed by atoms with Crippen LogP contribution in [0.25, 0.3) is 0 Å². The van der Waals surface area contributed by atoms with Gasteiger partial charge in [0.2, 0.25) is 5.91 Å². The molecule has 1 N–H and O–H groups in total. The van der Waals surface area contributed by atoms with Gasteiger partial charge in [-0.2, -0.15) is 5.10 Å². The van der Waals surface area contributed by atoms with Crippen LogP contribution in [0.5, 0.6) is 0 Å². The van der Waals surface area contributed by atoms with Crippen molar-refractivity contribution in [2.24, 2.45) is 7.05 Å². The van der Waals surface area contributed by atoms with E-state index in [9.17, 15) is 13.2 Å². The first-order chi connectivity index (χ1) is 11.9. The van der Waals surface area contributed by atoms with Crippen molar-refractivity contribution < 1.29 is 13.2 Å². The molecule has 8 heteroatoms. The molecule has 1 unspecified atom stereocenters. The second-order valence-electron chi connectivity index (χ2n) is 7.22. The Hall–Kier alpha value is -1.80. The Bertz CT molecular complexity index is 1010. The molecule has 3 rings (SSSR count). The van der Waals surface area contributed by atoms with E-state index in [1.165, 1.54) is 6.26 Å². The summed E-state index contributed by atoms with van der Waals surface area (Å²) in [7, 11) is -1.45. The lowest BCUT2D eigenvalue weighted by Crippen LogP contribution is -2.33. The van der Waals surface area contributed by atoms with E-state index in [2.05, 4.69) is 10.4 Å². The van der Waals surface area contributed by atoms with Crippen molar-refractivity contribution in [3.8, 4) is 0 Å². The van der Waals surface area contributed by atoms with E-state index in [0.29, 0.717) is 10.7 Å². The van der Waals surface area contributed by atoms with Crippen molar-refractivity contribution >= 4 is 33.3 Å². The number of aromatic nitrogens is 2. The molecule has 2 heterocycles. The molecule has 0 fully saturated rings. The molecule has 1 atom stereocenters.